The third-order valence-electron chi connectivity index (χ3n) is 1.86. The Balaban J connectivity index is 2.56. The van der Waals surface area contributed by atoms with Gasteiger partial charge in [-0.1, -0.05) is 6.92 Å². The minimum absolute atomic E-state index is 0.201. The highest BCUT2D eigenvalue weighted by Gasteiger charge is 2.23. The van der Waals surface area contributed by atoms with E-state index in [0.717, 1.165) is 12.8 Å². The molecule has 0 unspecified atom stereocenters. The molecule has 1 radical (unpaired) electrons. The molecule has 11 heavy (non-hydrogen) atoms. The number of hydrogen-bond acceptors (Lipinski definition) is 2. The Labute approximate surface area is 68.4 Å². The fraction of sp³-hybridized carbons (Fsp3) is 0.857. The molecule has 0 spiro atoms. The normalized spacial score (nSPS) is 20.8. The zero-order chi connectivity index (χ0) is 8.32. The van der Waals surface area contributed by atoms with Gasteiger partial charge in [-0.05, 0) is 19.3 Å². The van der Waals surface area contributed by atoms with Crippen molar-refractivity contribution in [3.05, 3.63) is 6.92 Å². The molecule has 0 saturated carbocycles. The predicted octanol–water partition coefficient (Wildman–Crippen LogP) is 0.636. The summed E-state index contributed by atoms with van der Waals surface area (Å²) in [5.74, 6) is 0.201. The largest absolute Gasteiger partial charge is 0.214 e. The standard InChI is InChI=1S/C7H14NO2S/c1-2-7-11(9,10)8-5-3-4-6-8/h1-7H2. The highest BCUT2D eigenvalue weighted by atomic mass is 32.2. The van der Waals surface area contributed by atoms with Crippen molar-refractivity contribution in [1.29, 1.82) is 0 Å². The maximum absolute atomic E-state index is 11.3. The van der Waals surface area contributed by atoms with Crippen LogP contribution in [0.25, 0.3) is 0 Å². The molecule has 0 aromatic rings. The first kappa shape index (κ1) is 9.00. The van der Waals surface area contributed by atoms with Gasteiger partial charge >= 0.3 is 0 Å². The molecule has 0 amide bonds. The Morgan fingerprint density at radius 2 is 1.82 bits per heavy atom. The van der Waals surface area contributed by atoms with Crippen molar-refractivity contribution >= 4 is 10.0 Å². The molecule has 0 N–H and O–H groups in total. The van der Waals surface area contributed by atoms with E-state index < -0.39 is 10.0 Å². The van der Waals surface area contributed by atoms with Crippen LogP contribution in [0, 0.1) is 6.92 Å². The van der Waals surface area contributed by atoms with Crippen LogP contribution in [0.4, 0.5) is 0 Å². The molecule has 0 aromatic heterocycles. The van der Waals surface area contributed by atoms with Gasteiger partial charge in [0.05, 0.1) is 5.75 Å². The summed E-state index contributed by atoms with van der Waals surface area (Å²) in [7, 11) is -2.94. The minimum atomic E-state index is -2.94. The molecule has 0 aliphatic carbocycles. The Kier molecular flexibility index (Phi) is 2.90. The minimum Gasteiger partial charge on any atom is -0.212 e. The SMILES string of the molecule is [CH2]CCS(=O)(=O)N1CCCC1. The maximum Gasteiger partial charge on any atom is 0.214 e. The molecule has 1 rings (SSSR count). The van der Waals surface area contributed by atoms with Gasteiger partial charge in [0, 0.05) is 13.1 Å². The van der Waals surface area contributed by atoms with Crippen LogP contribution >= 0.6 is 0 Å². The van der Waals surface area contributed by atoms with Gasteiger partial charge < -0.3 is 0 Å². The third kappa shape index (κ3) is 2.17. The average Bonchev–Trinajstić information content (AvgIpc) is 2.37. The van der Waals surface area contributed by atoms with E-state index in [0.29, 0.717) is 19.5 Å². The molecule has 0 bridgehead atoms. The summed E-state index contributed by atoms with van der Waals surface area (Å²) in [6.07, 6.45) is 2.49. The molecular weight excluding hydrogens is 162 g/mol. The van der Waals surface area contributed by atoms with Crippen LogP contribution < -0.4 is 0 Å². The van der Waals surface area contributed by atoms with Gasteiger partial charge in [0.25, 0.3) is 0 Å². The molecule has 1 saturated heterocycles. The highest BCUT2D eigenvalue weighted by molar-refractivity contribution is 7.89. The maximum atomic E-state index is 11.3. The molecule has 0 atom stereocenters. The second-order valence-corrected chi connectivity index (χ2v) is 4.86. The summed E-state index contributed by atoms with van der Waals surface area (Å²) >= 11 is 0. The van der Waals surface area contributed by atoms with E-state index in [4.69, 9.17) is 0 Å². The lowest BCUT2D eigenvalue weighted by Crippen LogP contribution is -2.29. The second-order valence-electron chi connectivity index (χ2n) is 2.78. The Bertz CT molecular complexity index is 204. The zero-order valence-electron chi connectivity index (χ0n) is 6.62. The molecule has 3 nitrogen and oxygen atoms in total. The smallest absolute Gasteiger partial charge is 0.212 e. The van der Waals surface area contributed by atoms with E-state index in [1.54, 1.807) is 4.31 Å². The van der Waals surface area contributed by atoms with Crippen molar-refractivity contribution in [2.75, 3.05) is 18.8 Å². The first-order valence-electron chi connectivity index (χ1n) is 3.94. The number of rotatable bonds is 3. The van der Waals surface area contributed by atoms with Gasteiger partial charge in [0.1, 0.15) is 0 Å². The van der Waals surface area contributed by atoms with E-state index in [9.17, 15) is 8.42 Å². The van der Waals surface area contributed by atoms with Crippen molar-refractivity contribution in [2.45, 2.75) is 19.3 Å². The van der Waals surface area contributed by atoms with Crippen LogP contribution in [0.5, 0.6) is 0 Å². The molecule has 1 aliphatic heterocycles. The fourth-order valence-electron chi connectivity index (χ4n) is 1.28. The first-order valence-corrected chi connectivity index (χ1v) is 5.55. The monoisotopic (exact) mass is 176 g/mol. The quantitative estimate of drug-likeness (QED) is 0.632. The Morgan fingerprint density at radius 1 is 1.27 bits per heavy atom. The molecular formula is C7H14NO2S. The number of sulfonamides is 1. The summed E-state index contributed by atoms with van der Waals surface area (Å²) in [6.45, 7) is 4.96. The van der Waals surface area contributed by atoms with Crippen molar-refractivity contribution in [1.82, 2.24) is 4.31 Å². The lowest BCUT2D eigenvalue weighted by atomic mass is 10.4. The van der Waals surface area contributed by atoms with E-state index in [1.807, 2.05) is 0 Å². The predicted molar refractivity (Wildman–Crippen MR) is 44.6 cm³/mol. The number of hydrogen-bond donors (Lipinski definition) is 0. The van der Waals surface area contributed by atoms with Gasteiger partial charge in [-0.15, -0.1) is 0 Å². The fourth-order valence-corrected chi connectivity index (χ4v) is 2.72. The molecule has 65 valence electrons. The number of nitrogens with zero attached hydrogens (tertiary/aromatic N) is 1. The van der Waals surface area contributed by atoms with Crippen LogP contribution in [-0.2, 0) is 10.0 Å². The summed E-state index contributed by atoms with van der Waals surface area (Å²) in [5, 5.41) is 0. The van der Waals surface area contributed by atoms with Gasteiger partial charge in [-0.3, -0.25) is 0 Å². The summed E-state index contributed by atoms with van der Waals surface area (Å²) in [4.78, 5) is 0. The van der Waals surface area contributed by atoms with E-state index in [2.05, 4.69) is 6.92 Å². The van der Waals surface area contributed by atoms with Gasteiger partial charge in [0.15, 0.2) is 0 Å². The molecule has 4 heteroatoms. The van der Waals surface area contributed by atoms with Crippen LogP contribution in [-0.4, -0.2) is 31.6 Å². The van der Waals surface area contributed by atoms with Crippen molar-refractivity contribution in [3.8, 4) is 0 Å². The van der Waals surface area contributed by atoms with Crippen molar-refractivity contribution in [3.63, 3.8) is 0 Å². The van der Waals surface area contributed by atoms with Crippen LogP contribution in [0.1, 0.15) is 19.3 Å². The molecule has 1 aliphatic rings. The zero-order valence-corrected chi connectivity index (χ0v) is 7.44. The summed E-state index contributed by atoms with van der Waals surface area (Å²) < 4.78 is 24.2. The van der Waals surface area contributed by atoms with E-state index >= 15 is 0 Å². The van der Waals surface area contributed by atoms with Gasteiger partial charge in [0.2, 0.25) is 10.0 Å². The van der Waals surface area contributed by atoms with Crippen molar-refractivity contribution in [2.24, 2.45) is 0 Å². The highest BCUT2D eigenvalue weighted by Crippen LogP contribution is 2.13. The van der Waals surface area contributed by atoms with Crippen LogP contribution in [0.2, 0.25) is 0 Å². The summed E-state index contributed by atoms with van der Waals surface area (Å²) in [6, 6.07) is 0. The molecule has 0 aromatic carbocycles. The molecule has 1 heterocycles. The van der Waals surface area contributed by atoms with Crippen LogP contribution in [0.15, 0.2) is 0 Å². The van der Waals surface area contributed by atoms with E-state index in [-0.39, 0.29) is 5.75 Å². The van der Waals surface area contributed by atoms with Crippen LogP contribution in [0.3, 0.4) is 0 Å². The first-order chi connectivity index (χ1) is 5.17. The lowest BCUT2D eigenvalue weighted by molar-refractivity contribution is 0.477. The Hall–Kier alpha value is -0.0900. The topological polar surface area (TPSA) is 37.4 Å². The molecule has 1 fully saturated rings. The Morgan fingerprint density at radius 3 is 2.27 bits per heavy atom. The summed E-state index contributed by atoms with van der Waals surface area (Å²) in [5.41, 5.74) is 0. The second kappa shape index (κ2) is 3.54. The van der Waals surface area contributed by atoms with E-state index in [1.165, 1.54) is 0 Å². The lowest BCUT2D eigenvalue weighted by Gasteiger charge is -2.13. The average molecular weight is 176 g/mol. The van der Waals surface area contributed by atoms with Gasteiger partial charge in [-0.2, -0.15) is 0 Å². The third-order valence-corrected chi connectivity index (χ3v) is 3.82. The van der Waals surface area contributed by atoms with Gasteiger partial charge in [-0.25, -0.2) is 12.7 Å². The van der Waals surface area contributed by atoms with Crippen molar-refractivity contribution < 1.29 is 8.42 Å².